The molecule has 196 valence electrons. The number of aromatic nitrogens is 3. The number of benzene rings is 2. The number of nitrogens with one attached hydrogen (secondary N) is 1. The lowest BCUT2D eigenvalue weighted by atomic mass is 9.96. The van der Waals surface area contributed by atoms with Gasteiger partial charge in [-0.3, -0.25) is 4.79 Å². The molecule has 1 aliphatic heterocycles. The molecule has 38 heavy (non-hydrogen) atoms. The normalized spacial score (nSPS) is 15.5. The van der Waals surface area contributed by atoms with Gasteiger partial charge in [-0.1, -0.05) is 18.2 Å². The van der Waals surface area contributed by atoms with Crippen molar-refractivity contribution >= 4 is 28.6 Å². The number of para-hydroxylation sites is 1. The van der Waals surface area contributed by atoms with Crippen LogP contribution in [-0.2, 0) is 0 Å². The molecule has 1 saturated heterocycles. The van der Waals surface area contributed by atoms with E-state index in [-0.39, 0.29) is 5.91 Å². The van der Waals surface area contributed by atoms with E-state index in [1.54, 1.807) is 17.8 Å². The molecule has 0 radical (unpaired) electrons. The fourth-order valence-electron chi connectivity index (χ4n) is 4.96. The average molecular weight is 529 g/mol. The molecule has 1 atom stereocenters. The summed E-state index contributed by atoms with van der Waals surface area (Å²) in [5.41, 5.74) is 3.98. The number of anilines is 2. The number of hydrogen-bond acceptors (Lipinski definition) is 8. The van der Waals surface area contributed by atoms with Crippen molar-refractivity contribution in [1.82, 2.24) is 20.1 Å². The van der Waals surface area contributed by atoms with Gasteiger partial charge in [-0.2, -0.15) is 10.2 Å². The Bertz CT molecular complexity index is 1380. The Kier molecular flexibility index (Phi) is 7.95. The van der Waals surface area contributed by atoms with E-state index in [4.69, 9.17) is 4.74 Å². The maximum atomic E-state index is 13.3. The molecule has 1 N–H and O–H groups in total. The topological polar surface area (TPSA) is 83.5 Å². The minimum absolute atomic E-state index is 0.242. The van der Waals surface area contributed by atoms with E-state index in [1.807, 2.05) is 48.5 Å². The summed E-state index contributed by atoms with van der Waals surface area (Å²) in [6.45, 7) is 4.95. The highest BCUT2D eigenvalue weighted by Gasteiger charge is 2.26. The Morgan fingerprint density at radius 3 is 2.76 bits per heavy atom. The first-order chi connectivity index (χ1) is 18.5. The zero-order valence-electron chi connectivity index (χ0n) is 21.9. The lowest BCUT2D eigenvalue weighted by Crippen LogP contribution is -2.40. The highest BCUT2D eigenvalue weighted by molar-refractivity contribution is 7.13. The van der Waals surface area contributed by atoms with Gasteiger partial charge in [0.05, 0.1) is 23.8 Å². The fraction of sp³-hybridized carbons (Fsp3) is 0.310. The number of rotatable bonds is 8. The van der Waals surface area contributed by atoms with E-state index < -0.39 is 0 Å². The highest BCUT2D eigenvalue weighted by Crippen LogP contribution is 2.40. The molecule has 5 rings (SSSR count). The van der Waals surface area contributed by atoms with Crippen LogP contribution in [0.2, 0.25) is 0 Å². The number of carbonyl (C=O) groups is 1. The van der Waals surface area contributed by atoms with Crippen LogP contribution in [0.15, 0.2) is 66.3 Å². The van der Waals surface area contributed by atoms with Gasteiger partial charge < -0.3 is 19.9 Å². The molecule has 0 aliphatic carbocycles. The van der Waals surface area contributed by atoms with Gasteiger partial charge in [0.2, 0.25) is 0 Å². The number of amides is 1. The molecule has 3 heterocycles. The van der Waals surface area contributed by atoms with Gasteiger partial charge in [0, 0.05) is 36.1 Å². The van der Waals surface area contributed by atoms with Crippen LogP contribution < -0.4 is 15.0 Å². The van der Waals surface area contributed by atoms with Crippen molar-refractivity contribution < 1.29 is 9.53 Å². The zero-order valence-corrected chi connectivity index (χ0v) is 22.7. The van der Waals surface area contributed by atoms with Gasteiger partial charge in [0.1, 0.15) is 22.2 Å². The van der Waals surface area contributed by atoms with Gasteiger partial charge >= 0.3 is 0 Å². The van der Waals surface area contributed by atoms with Crippen LogP contribution in [-0.4, -0.2) is 59.7 Å². The van der Waals surface area contributed by atoms with E-state index in [1.165, 1.54) is 17.8 Å². The van der Waals surface area contributed by atoms with E-state index in [0.29, 0.717) is 11.6 Å². The third kappa shape index (κ3) is 6.00. The first-order valence-electron chi connectivity index (χ1n) is 12.8. The van der Waals surface area contributed by atoms with E-state index >= 15 is 0 Å². The van der Waals surface area contributed by atoms with Gasteiger partial charge in [0.15, 0.2) is 0 Å². The predicted molar refractivity (Wildman–Crippen MR) is 152 cm³/mol. The van der Waals surface area contributed by atoms with Crippen molar-refractivity contribution in [3.05, 3.63) is 77.6 Å². The van der Waals surface area contributed by atoms with Crippen LogP contribution in [0, 0.1) is 12.8 Å². The summed E-state index contributed by atoms with van der Waals surface area (Å²) in [6, 6.07) is 15.5. The molecule has 8 nitrogen and oxygen atoms in total. The highest BCUT2D eigenvalue weighted by atomic mass is 32.1. The largest absolute Gasteiger partial charge is 0.457 e. The third-order valence-corrected chi connectivity index (χ3v) is 7.52. The van der Waals surface area contributed by atoms with E-state index in [9.17, 15) is 4.79 Å². The van der Waals surface area contributed by atoms with Crippen molar-refractivity contribution in [3.8, 4) is 22.1 Å². The van der Waals surface area contributed by atoms with Crippen molar-refractivity contribution in [2.75, 3.05) is 43.9 Å². The Morgan fingerprint density at radius 1 is 1.16 bits per heavy atom. The Balaban J connectivity index is 1.45. The first-order valence-corrected chi connectivity index (χ1v) is 13.7. The number of ether oxygens (including phenoxy) is 1. The molecule has 1 fully saturated rings. The summed E-state index contributed by atoms with van der Waals surface area (Å²) >= 11 is 1.41. The quantitative estimate of drug-likeness (QED) is 0.313. The number of hydrogen-bond donors (Lipinski definition) is 1. The molecule has 0 unspecified atom stereocenters. The molecule has 0 bridgehead atoms. The molecule has 0 saturated carbocycles. The lowest BCUT2D eigenvalue weighted by molar-refractivity contribution is 0.102. The average Bonchev–Trinajstić information content (AvgIpc) is 3.42. The number of carbonyl (C=O) groups excluding carboxylic acids is 1. The smallest absolute Gasteiger partial charge is 0.275 e. The van der Waals surface area contributed by atoms with Crippen molar-refractivity contribution in [1.29, 1.82) is 0 Å². The molecule has 0 spiro atoms. The minimum Gasteiger partial charge on any atom is -0.457 e. The second kappa shape index (κ2) is 11.7. The minimum atomic E-state index is -0.242. The molecular formula is C29H32N6O2S. The number of thiazole rings is 1. The summed E-state index contributed by atoms with van der Waals surface area (Å²) in [7, 11) is 4.24. The van der Waals surface area contributed by atoms with Crippen LogP contribution in [0.3, 0.4) is 0 Å². The zero-order chi connectivity index (χ0) is 26.5. The second-order valence-electron chi connectivity index (χ2n) is 9.84. The Labute approximate surface area is 227 Å². The maximum Gasteiger partial charge on any atom is 0.275 e. The van der Waals surface area contributed by atoms with Gasteiger partial charge in [-0.25, -0.2) is 4.98 Å². The lowest BCUT2D eigenvalue weighted by Gasteiger charge is -2.37. The van der Waals surface area contributed by atoms with Crippen LogP contribution in [0.4, 0.5) is 11.4 Å². The van der Waals surface area contributed by atoms with Gasteiger partial charge in [-0.05, 0) is 70.1 Å². The summed E-state index contributed by atoms with van der Waals surface area (Å²) in [4.78, 5) is 22.5. The monoisotopic (exact) mass is 528 g/mol. The molecule has 1 aliphatic rings. The molecule has 2 aromatic heterocycles. The SMILES string of the molecule is Cc1c(Oc2ccccc2)ccc(NC(=O)c2csc(-c3ccnnc3)n2)c1N1CCC[C@@H](CN(C)C)C1. The summed E-state index contributed by atoms with van der Waals surface area (Å²) in [5, 5.41) is 13.4. The second-order valence-corrected chi connectivity index (χ2v) is 10.7. The van der Waals surface area contributed by atoms with E-state index in [2.05, 4.69) is 51.3 Å². The van der Waals surface area contributed by atoms with Crippen molar-refractivity contribution in [2.45, 2.75) is 19.8 Å². The van der Waals surface area contributed by atoms with E-state index in [0.717, 1.165) is 65.1 Å². The molecule has 9 heteroatoms. The molecule has 4 aromatic rings. The third-order valence-electron chi connectivity index (χ3n) is 6.63. The van der Waals surface area contributed by atoms with Gasteiger partial charge in [0.25, 0.3) is 5.91 Å². The molecule has 1 amide bonds. The van der Waals surface area contributed by atoms with Crippen LogP contribution >= 0.6 is 11.3 Å². The molecule has 2 aromatic carbocycles. The Morgan fingerprint density at radius 2 is 2.00 bits per heavy atom. The summed E-state index contributed by atoms with van der Waals surface area (Å²) in [5.74, 6) is 1.87. The maximum absolute atomic E-state index is 13.3. The standard InChI is InChI=1S/C29H32N6O2S/c1-20-26(37-23-9-5-4-6-10-23)12-11-24(27(20)35-15-7-8-21(18-35)17-34(2)3)32-28(36)25-19-38-29(33-25)22-13-14-30-31-16-22/h4-6,9-14,16,19,21H,7-8,15,17-18H2,1-3H3,(H,32,36)/t21-/m0/s1. The van der Waals surface area contributed by atoms with Crippen LogP contribution in [0.1, 0.15) is 28.9 Å². The fourth-order valence-corrected chi connectivity index (χ4v) is 5.75. The predicted octanol–water partition coefficient (Wildman–Crippen LogP) is 5.73. The number of piperidine rings is 1. The Hall–Kier alpha value is -3.82. The summed E-state index contributed by atoms with van der Waals surface area (Å²) < 4.78 is 6.26. The summed E-state index contributed by atoms with van der Waals surface area (Å²) in [6.07, 6.45) is 5.56. The van der Waals surface area contributed by atoms with Crippen LogP contribution in [0.25, 0.3) is 10.6 Å². The van der Waals surface area contributed by atoms with Crippen LogP contribution in [0.5, 0.6) is 11.5 Å². The van der Waals surface area contributed by atoms with Crippen molar-refractivity contribution in [3.63, 3.8) is 0 Å². The first kappa shape index (κ1) is 25.8. The number of nitrogens with zero attached hydrogens (tertiary/aromatic N) is 5. The molecular weight excluding hydrogens is 496 g/mol. The van der Waals surface area contributed by atoms with Crippen molar-refractivity contribution in [2.24, 2.45) is 5.92 Å². The van der Waals surface area contributed by atoms with Gasteiger partial charge in [-0.15, -0.1) is 11.3 Å².